The molecule has 1 fully saturated rings. The van der Waals surface area contributed by atoms with Crippen LogP contribution in [0.1, 0.15) is 43.0 Å². The van der Waals surface area contributed by atoms with Gasteiger partial charge in [0.1, 0.15) is 17.0 Å². The zero-order valence-corrected chi connectivity index (χ0v) is 12.6. The highest BCUT2D eigenvalue weighted by Gasteiger charge is 2.22. The molecule has 1 saturated carbocycles. The van der Waals surface area contributed by atoms with E-state index in [0.717, 1.165) is 25.7 Å². The summed E-state index contributed by atoms with van der Waals surface area (Å²) >= 11 is 0. The summed E-state index contributed by atoms with van der Waals surface area (Å²) in [6.45, 7) is 2.23. The minimum absolute atomic E-state index is 0.123. The number of nitrogens with one attached hydrogen (secondary N) is 2. The van der Waals surface area contributed by atoms with Crippen molar-refractivity contribution in [3.8, 4) is 0 Å². The zero-order valence-electron chi connectivity index (χ0n) is 12.6. The zero-order chi connectivity index (χ0) is 15.7. The molecule has 1 aliphatic carbocycles. The number of rotatable bonds is 2. The number of aromatic amines is 1. The van der Waals surface area contributed by atoms with Gasteiger partial charge in [-0.3, -0.25) is 9.59 Å². The van der Waals surface area contributed by atoms with E-state index >= 15 is 0 Å². The summed E-state index contributed by atoms with van der Waals surface area (Å²) in [5, 5.41) is 3.34. The van der Waals surface area contributed by atoms with Crippen LogP contribution < -0.4 is 16.5 Å². The summed E-state index contributed by atoms with van der Waals surface area (Å²) in [7, 11) is 0. The third-order valence-corrected chi connectivity index (χ3v) is 4.35. The van der Waals surface area contributed by atoms with Gasteiger partial charge in [0.25, 0.3) is 5.91 Å². The molecule has 0 unspecified atom stereocenters. The monoisotopic (exact) mass is 300 g/mol. The average Bonchev–Trinajstić information content (AvgIpc) is 2.49. The molecule has 116 valence electrons. The number of carbonyl (C=O) groups is 1. The Hall–Kier alpha value is -2.37. The van der Waals surface area contributed by atoms with Crippen LogP contribution in [-0.4, -0.2) is 21.9 Å². The van der Waals surface area contributed by atoms with Crippen LogP contribution in [0, 0.1) is 5.92 Å². The molecular weight excluding hydrogens is 280 g/mol. The lowest BCUT2D eigenvalue weighted by Crippen LogP contribution is -2.39. The third kappa shape index (κ3) is 2.81. The number of hydrogen-bond acceptors (Lipinski definition) is 4. The number of hydrogen-bond donors (Lipinski definition) is 3. The molecule has 4 N–H and O–H groups in total. The van der Waals surface area contributed by atoms with E-state index in [-0.39, 0.29) is 22.9 Å². The van der Waals surface area contributed by atoms with Crippen LogP contribution in [0.15, 0.2) is 23.1 Å². The van der Waals surface area contributed by atoms with Crippen molar-refractivity contribution >= 4 is 22.8 Å². The molecule has 0 atom stereocenters. The molecule has 2 aromatic rings. The molecule has 3 rings (SSSR count). The third-order valence-electron chi connectivity index (χ3n) is 4.35. The van der Waals surface area contributed by atoms with E-state index < -0.39 is 0 Å². The van der Waals surface area contributed by atoms with Crippen molar-refractivity contribution in [2.75, 3.05) is 5.73 Å². The van der Waals surface area contributed by atoms with Crippen molar-refractivity contribution in [2.24, 2.45) is 5.92 Å². The first-order chi connectivity index (χ1) is 10.5. The van der Waals surface area contributed by atoms with Gasteiger partial charge in [0.05, 0.1) is 5.39 Å². The molecule has 0 radical (unpaired) electrons. The van der Waals surface area contributed by atoms with Crippen LogP contribution in [0.3, 0.4) is 0 Å². The van der Waals surface area contributed by atoms with Gasteiger partial charge in [-0.1, -0.05) is 6.92 Å². The summed E-state index contributed by atoms with van der Waals surface area (Å²) in [4.78, 5) is 31.7. The first kappa shape index (κ1) is 14.6. The largest absolute Gasteiger partial charge is 0.384 e. The van der Waals surface area contributed by atoms with Crippen molar-refractivity contribution < 1.29 is 4.79 Å². The maximum atomic E-state index is 12.4. The number of amides is 1. The molecule has 1 amide bonds. The smallest absolute Gasteiger partial charge is 0.256 e. The summed E-state index contributed by atoms with van der Waals surface area (Å²) in [6, 6.07) is 3.31. The fourth-order valence-corrected chi connectivity index (χ4v) is 2.95. The number of nitrogens with two attached hydrogens (primary N) is 1. The van der Waals surface area contributed by atoms with Gasteiger partial charge in [0.2, 0.25) is 5.43 Å². The van der Waals surface area contributed by atoms with Gasteiger partial charge < -0.3 is 16.0 Å². The van der Waals surface area contributed by atoms with E-state index in [2.05, 4.69) is 22.2 Å². The van der Waals surface area contributed by atoms with Crippen molar-refractivity contribution in [1.82, 2.24) is 15.3 Å². The second-order valence-corrected chi connectivity index (χ2v) is 6.09. The normalized spacial score (nSPS) is 21.7. The van der Waals surface area contributed by atoms with Crippen molar-refractivity contribution in [1.29, 1.82) is 0 Å². The molecule has 1 aliphatic rings. The van der Waals surface area contributed by atoms with Crippen LogP contribution in [0.2, 0.25) is 0 Å². The summed E-state index contributed by atoms with van der Waals surface area (Å²) in [5.74, 6) is 0.727. The first-order valence-corrected chi connectivity index (χ1v) is 7.63. The minimum atomic E-state index is -0.320. The predicted octanol–water partition coefficient (Wildman–Crippen LogP) is 1.81. The number of carbonyl (C=O) groups excluding carboxylic acids is 1. The number of anilines is 1. The van der Waals surface area contributed by atoms with Gasteiger partial charge in [-0.25, -0.2) is 4.98 Å². The maximum Gasteiger partial charge on any atom is 0.256 e. The average molecular weight is 300 g/mol. The van der Waals surface area contributed by atoms with Gasteiger partial charge in [-0.15, -0.1) is 0 Å². The van der Waals surface area contributed by atoms with Gasteiger partial charge in [0.15, 0.2) is 0 Å². The second kappa shape index (κ2) is 5.79. The van der Waals surface area contributed by atoms with E-state index in [1.807, 2.05) is 0 Å². The van der Waals surface area contributed by atoms with Gasteiger partial charge in [-0.05, 0) is 43.7 Å². The molecule has 0 aromatic carbocycles. The van der Waals surface area contributed by atoms with Crippen LogP contribution >= 0.6 is 0 Å². The van der Waals surface area contributed by atoms with E-state index in [4.69, 9.17) is 5.73 Å². The standard InChI is InChI=1S/C16H20N4O2/c1-9-2-4-10(5-3-9)19-16(22)12-8-18-15-11(14(12)21)6-7-13(17)20-15/h6-10H,2-5H2,1H3,(H,19,22)(H3,17,18,20,21). The summed E-state index contributed by atoms with van der Waals surface area (Å²) < 4.78 is 0. The molecule has 0 bridgehead atoms. The summed E-state index contributed by atoms with van der Waals surface area (Å²) in [5.41, 5.74) is 5.80. The fourth-order valence-electron chi connectivity index (χ4n) is 2.95. The van der Waals surface area contributed by atoms with Crippen LogP contribution in [-0.2, 0) is 0 Å². The highest BCUT2D eigenvalue weighted by Crippen LogP contribution is 2.23. The number of fused-ring (bicyclic) bond motifs is 1. The highest BCUT2D eigenvalue weighted by molar-refractivity contribution is 5.96. The van der Waals surface area contributed by atoms with E-state index in [1.54, 1.807) is 12.1 Å². The minimum Gasteiger partial charge on any atom is -0.384 e. The molecular formula is C16H20N4O2. The number of nitrogen functional groups attached to an aromatic ring is 1. The Bertz CT molecular complexity index is 760. The van der Waals surface area contributed by atoms with Crippen molar-refractivity contribution in [3.05, 3.63) is 34.1 Å². The Morgan fingerprint density at radius 1 is 1.32 bits per heavy atom. The maximum absolute atomic E-state index is 12.4. The molecule has 6 nitrogen and oxygen atoms in total. The topological polar surface area (TPSA) is 101 Å². The lowest BCUT2D eigenvalue weighted by molar-refractivity contribution is 0.0922. The molecule has 2 aromatic heterocycles. The lowest BCUT2D eigenvalue weighted by Gasteiger charge is -2.26. The van der Waals surface area contributed by atoms with Crippen LogP contribution in [0.4, 0.5) is 5.82 Å². The van der Waals surface area contributed by atoms with Crippen LogP contribution in [0.25, 0.3) is 11.0 Å². The van der Waals surface area contributed by atoms with Gasteiger partial charge >= 0.3 is 0 Å². The number of aromatic nitrogens is 2. The molecule has 6 heteroatoms. The molecule has 22 heavy (non-hydrogen) atoms. The Morgan fingerprint density at radius 2 is 2.05 bits per heavy atom. The molecule has 0 aliphatic heterocycles. The van der Waals surface area contributed by atoms with Gasteiger partial charge in [-0.2, -0.15) is 0 Å². The van der Waals surface area contributed by atoms with Crippen LogP contribution in [0.5, 0.6) is 0 Å². The van der Waals surface area contributed by atoms with Crippen molar-refractivity contribution in [2.45, 2.75) is 38.6 Å². The Labute approximate surface area is 128 Å². The van der Waals surface area contributed by atoms with Gasteiger partial charge in [0, 0.05) is 12.2 Å². The lowest BCUT2D eigenvalue weighted by atomic mass is 9.87. The molecule has 2 heterocycles. The summed E-state index contributed by atoms with van der Waals surface area (Å²) in [6.07, 6.45) is 5.58. The van der Waals surface area contributed by atoms with Crippen molar-refractivity contribution in [3.63, 3.8) is 0 Å². The number of H-pyrrole nitrogens is 1. The number of pyridine rings is 2. The fraction of sp³-hybridized carbons (Fsp3) is 0.438. The van der Waals surface area contributed by atoms with E-state index in [0.29, 0.717) is 22.8 Å². The van der Waals surface area contributed by atoms with E-state index in [9.17, 15) is 9.59 Å². The van der Waals surface area contributed by atoms with E-state index in [1.165, 1.54) is 6.20 Å². The number of nitrogens with zero attached hydrogens (tertiary/aromatic N) is 1. The molecule has 0 saturated heterocycles. The molecule has 0 spiro atoms. The Balaban J connectivity index is 1.83. The SMILES string of the molecule is CC1CCC(NC(=O)c2c[nH]c3nc(N)ccc3c2=O)CC1. The Kier molecular flexibility index (Phi) is 3.83. The highest BCUT2D eigenvalue weighted by atomic mass is 16.2. The first-order valence-electron chi connectivity index (χ1n) is 7.63. The predicted molar refractivity (Wildman–Crippen MR) is 85.7 cm³/mol. The Morgan fingerprint density at radius 3 is 2.77 bits per heavy atom. The second-order valence-electron chi connectivity index (χ2n) is 6.09. The quantitative estimate of drug-likeness (QED) is 0.787.